The zero-order chi connectivity index (χ0) is 17.4. The third kappa shape index (κ3) is 6.53. The van der Waals surface area contributed by atoms with E-state index in [0.29, 0.717) is 0 Å². The standard InChI is InChI=1S/C14H13Cl3N2O4/c1-19(4-2-3-18)13(20)7-23-14(21)8-22-12-6-10(16)9(15)5-11(12)17/h5-6H,2,4,7-8H2,1H3. The third-order valence-corrected chi connectivity index (χ3v) is 3.68. The van der Waals surface area contributed by atoms with E-state index in [-0.39, 0.29) is 33.8 Å². The number of ether oxygens (including phenoxy) is 2. The van der Waals surface area contributed by atoms with Crippen LogP contribution in [0.15, 0.2) is 12.1 Å². The van der Waals surface area contributed by atoms with Gasteiger partial charge in [-0.2, -0.15) is 5.26 Å². The molecule has 0 spiro atoms. The van der Waals surface area contributed by atoms with Crippen molar-refractivity contribution in [2.75, 3.05) is 26.8 Å². The molecule has 6 nitrogen and oxygen atoms in total. The molecule has 0 bridgehead atoms. The Labute approximate surface area is 148 Å². The molecule has 0 aromatic heterocycles. The Kier molecular flexibility index (Phi) is 7.96. The summed E-state index contributed by atoms with van der Waals surface area (Å²) in [5, 5.41) is 9.12. The summed E-state index contributed by atoms with van der Waals surface area (Å²) < 4.78 is 9.95. The van der Waals surface area contributed by atoms with Gasteiger partial charge in [-0.3, -0.25) is 4.79 Å². The Morgan fingerprint density at radius 3 is 2.48 bits per heavy atom. The van der Waals surface area contributed by atoms with E-state index >= 15 is 0 Å². The molecular formula is C14H13Cl3N2O4. The summed E-state index contributed by atoms with van der Waals surface area (Å²) in [5.41, 5.74) is 0. The van der Waals surface area contributed by atoms with Crippen LogP contribution in [0.4, 0.5) is 0 Å². The lowest BCUT2D eigenvalue weighted by molar-refractivity contribution is -0.153. The van der Waals surface area contributed by atoms with E-state index in [4.69, 9.17) is 49.5 Å². The number of esters is 1. The van der Waals surface area contributed by atoms with Gasteiger partial charge in [0, 0.05) is 19.7 Å². The molecule has 1 rings (SSSR count). The van der Waals surface area contributed by atoms with Gasteiger partial charge in [0.1, 0.15) is 5.75 Å². The van der Waals surface area contributed by atoms with Crippen LogP contribution in [0, 0.1) is 11.3 Å². The second-order valence-electron chi connectivity index (χ2n) is 4.37. The number of hydrogen-bond donors (Lipinski definition) is 0. The molecule has 0 aliphatic carbocycles. The van der Waals surface area contributed by atoms with Crippen molar-refractivity contribution in [3.05, 3.63) is 27.2 Å². The highest BCUT2D eigenvalue weighted by atomic mass is 35.5. The predicted molar refractivity (Wildman–Crippen MR) is 85.8 cm³/mol. The number of carbonyl (C=O) groups is 2. The molecule has 23 heavy (non-hydrogen) atoms. The van der Waals surface area contributed by atoms with Crippen molar-refractivity contribution in [2.45, 2.75) is 6.42 Å². The molecule has 124 valence electrons. The van der Waals surface area contributed by atoms with Crippen LogP contribution in [0.3, 0.4) is 0 Å². The lowest BCUT2D eigenvalue weighted by Crippen LogP contribution is -2.32. The third-order valence-electron chi connectivity index (χ3n) is 2.66. The minimum Gasteiger partial charge on any atom is -0.480 e. The number of carbonyl (C=O) groups excluding carboxylic acids is 2. The lowest BCUT2D eigenvalue weighted by atomic mass is 10.3. The molecule has 1 aromatic carbocycles. The first-order valence-electron chi connectivity index (χ1n) is 6.39. The first-order valence-corrected chi connectivity index (χ1v) is 7.52. The SMILES string of the molecule is CN(CCC#N)C(=O)COC(=O)COc1cc(Cl)c(Cl)cc1Cl. The van der Waals surface area contributed by atoms with E-state index < -0.39 is 25.1 Å². The Hall–Kier alpha value is -1.68. The molecule has 0 aliphatic heterocycles. The summed E-state index contributed by atoms with van der Waals surface area (Å²) in [6.45, 7) is -0.603. The molecule has 0 heterocycles. The van der Waals surface area contributed by atoms with Crippen molar-refractivity contribution >= 4 is 46.7 Å². The fourth-order valence-electron chi connectivity index (χ4n) is 1.39. The zero-order valence-electron chi connectivity index (χ0n) is 12.1. The Morgan fingerprint density at radius 1 is 1.17 bits per heavy atom. The number of nitriles is 1. The second kappa shape index (κ2) is 9.46. The average molecular weight is 380 g/mol. The zero-order valence-corrected chi connectivity index (χ0v) is 14.4. The molecule has 0 saturated carbocycles. The molecule has 0 aliphatic rings. The molecule has 0 saturated heterocycles. The molecule has 0 unspecified atom stereocenters. The van der Waals surface area contributed by atoms with Gasteiger partial charge < -0.3 is 14.4 Å². The maximum atomic E-state index is 11.6. The molecule has 0 atom stereocenters. The summed E-state index contributed by atoms with van der Waals surface area (Å²) in [6.07, 6.45) is 0.203. The Balaban J connectivity index is 2.42. The number of nitrogens with zero attached hydrogens (tertiary/aromatic N) is 2. The first-order chi connectivity index (χ1) is 10.8. The van der Waals surface area contributed by atoms with Gasteiger partial charge in [-0.1, -0.05) is 34.8 Å². The van der Waals surface area contributed by atoms with Gasteiger partial charge in [-0.15, -0.1) is 0 Å². The van der Waals surface area contributed by atoms with Crippen LogP contribution in [-0.4, -0.2) is 43.6 Å². The number of hydrogen-bond acceptors (Lipinski definition) is 5. The van der Waals surface area contributed by atoms with Crippen molar-refractivity contribution in [2.24, 2.45) is 0 Å². The molecule has 0 radical (unpaired) electrons. The van der Waals surface area contributed by atoms with Gasteiger partial charge >= 0.3 is 5.97 Å². The van der Waals surface area contributed by atoms with Crippen LogP contribution < -0.4 is 4.74 Å². The number of amides is 1. The fourth-order valence-corrected chi connectivity index (χ4v) is 1.98. The van der Waals surface area contributed by atoms with Gasteiger partial charge in [0.05, 0.1) is 27.6 Å². The first kappa shape index (κ1) is 19.4. The summed E-state index contributed by atoms with van der Waals surface area (Å²) in [4.78, 5) is 24.5. The van der Waals surface area contributed by atoms with Crippen molar-refractivity contribution in [1.82, 2.24) is 4.90 Å². The minimum atomic E-state index is -0.742. The summed E-state index contributed by atoms with van der Waals surface area (Å²) in [6, 6.07) is 4.68. The number of likely N-dealkylation sites (N-methyl/N-ethyl adjacent to an activating group) is 1. The monoisotopic (exact) mass is 378 g/mol. The minimum absolute atomic E-state index is 0.176. The van der Waals surface area contributed by atoms with Crippen LogP contribution in [0.1, 0.15) is 6.42 Å². The van der Waals surface area contributed by atoms with Crippen molar-refractivity contribution in [1.29, 1.82) is 5.26 Å². The largest absolute Gasteiger partial charge is 0.480 e. The van der Waals surface area contributed by atoms with Gasteiger partial charge in [-0.25, -0.2) is 4.79 Å². The molecule has 0 N–H and O–H groups in total. The molecule has 0 fully saturated rings. The maximum absolute atomic E-state index is 11.6. The van der Waals surface area contributed by atoms with Gasteiger partial charge in [0.25, 0.3) is 5.91 Å². The predicted octanol–water partition coefficient (Wildman–Crippen LogP) is 2.94. The summed E-state index contributed by atoms with van der Waals surface area (Å²) >= 11 is 17.5. The average Bonchev–Trinajstić information content (AvgIpc) is 2.52. The van der Waals surface area contributed by atoms with Crippen LogP contribution in [-0.2, 0) is 14.3 Å². The van der Waals surface area contributed by atoms with Crippen LogP contribution in [0.5, 0.6) is 5.75 Å². The van der Waals surface area contributed by atoms with Crippen LogP contribution in [0.25, 0.3) is 0 Å². The normalized spacial score (nSPS) is 9.87. The number of rotatable bonds is 7. The van der Waals surface area contributed by atoms with E-state index in [2.05, 4.69) is 0 Å². The van der Waals surface area contributed by atoms with Crippen LogP contribution in [0.2, 0.25) is 15.1 Å². The number of halogens is 3. The van der Waals surface area contributed by atoms with E-state index in [1.54, 1.807) is 0 Å². The van der Waals surface area contributed by atoms with Crippen molar-refractivity contribution < 1.29 is 19.1 Å². The second-order valence-corrected chi connectivity index (χ2v) is 5.59. The van der Waals surface area contributed by atoms with E-state index in [1.807, 2.05) is 6.07 Å². The van der Waals surface area contributed by atoms with Gasteiger partial charge in [0.2, 0.25) is 0 Å². The molecular weight excluding hydrogens is 367 g/mol. The maximum Gasteiger partial charge on any atom is 0.344 e. The van der Waals surface area contributed by atoms with E-state index in [0.717, 1.165) is 0 Å². The lowest BCUT2D eigenvalue weighted by Gasteiger charge is -2.15. The number of benzene rings is 1. The molecule has 1 amide bonds. The smallest absolute Gasteiger partial charge is 0.344 e. The summed E-state index contributed by atoms with van der Waals surface area (Å²) in [5.74, 6) is -0.981. The topological polar surface area (TPSA) is 79.6 Å². The van der Waals surface area contributed by atoms with Crippen molar-refractivity contribution in [3.8, 4) is 11.8 Å². The van der Waals surface area contributed by atoms with Gasteiger partial charge in [0.15, 0.2) is 13.2 Å². The van der Waals surface area contributed by atoms with Crippen molar-refractivity contribution in [3.63, 3.8) is 0 Å². The highest BCUT2D eigenvalue weighted by Crippen LogP contribution is 2.33. The van der Waals surface area contributed by atoms with E-state index in [9.17, 15) is 9.59 Å². The van der Waals surface area contributed by atoms with Gasteiger partial charge in [-0.05, 0) is 6.07 Å². The van der Waals surface area contributed by atoms with E-state index in [1.165, 1.54) is 24.1 Å². The quantitative estimate of drug-likeness (QED) is 0.537. The fraction of sp³-hybridized carbons (Fsp3) is 0.357. The highest BCUT2D eigenvalue weighted by Gasteiger charge is 2.13. The Bertz CT molecular complexity index is 631. The molecule has 1 aromatic rings. The van der Waals surface area contributed by atoms with Crippen LogP contribution >= 0.6 is 34.8 Å². The summed E-state index contributed by atoms with van der Waals surface area (Å²) in [7, 11) is 1.51. The molecule has 9 heteroatoms. The highest BCUT2D eigenvalue weighted by molar-refractivity contribution is 6.43. The Morgan fingerprint density at radius 2 is 1.83 bits per heavy atom.